The number of nitrogens with zero attached hydrogens (tertiary/aromatic N) is 2. The van der Waals surface area contributed by atoms with E-state index in [1.54, 1.807) is 16.2 Å². The number of para-hydroxylation sites is 1. The van der Waals surface area contributed by atoms with Crippen molar-refractivity contribution in [3.05, 3.63) is 58.6 Å². The van der Waals surface area contributed by atoms with Crippen molar-refractivity contribution in [3.63, 3.8) is 0 Å². The number of hydrogen-bond donors (Lipinski definition) is 0. The van der Waals surface area contributed by atoms with Crippen LogP contribution in [-0.4, -0.2) is 30.1 Å². The molecule has 0 spiro atoms. The van der Waals surface area contributed by atoms with Crippen molar-refractivity contribution in [2.45, 2.75) is 38.7 Å². The zero-order valence-electron chi connectivity index (χ0n) is 15.9. The van der Waals surface area contributed by atoms with Gasteiger partial charge in [0.2, 0.25) is 5.91 Å². The SMILES string of the molecule is CCc1cccc2sc(N(CC3CCCO3)C(=O)Cc3ccccc3Cl)nc12. The number of thiazole rings is 1. The lowest BCUT2D eigenvalue weighted by atomic mass is 10.1. The van der Waals surface area contributed by atoms with E-state index in [0.717, 1.165) is 46.8 Å². The second kappa shape index (κ2) is 8.60. The molecule has 0 bridgehead atoms. The molecule has 1 atom stereocenters. The quantitative estimate of drug-likeness (QED) is 0.552. The van der Waals surface area contributed by atoms with E-state index in [-0.39, 0.29) is 18.4 Å². The van der Waals surface area contributed by atoms with Gasteiger partial charge in [-0.05, 0) is 42.5 Å². The van der Waals surface area contributed by atoms with Crippen LogP contribution in [0, 0.1) is 0 Å². The Kier molecular flexibility index (Phi) is 5.95. The highest BCUT2D eigenvalue weighted by Crippen LogP contribution is 2.32. The van der Waals surface area contributed by atoms with Crippen LogP contribution in [0.25, 0.3) is 10.2 Å². The molecule has 0 N–H and O–H groups in total. The zero-order chi connectivity index (χ0) is 19.5. The number of rotatable bonds is 6. The minimum absolute atomic E-state index is 0.000652. The van der Waals surface area contributed by atoms with Gasteiger partial charge in [0.05, 0.1) is 29.3 Å². The van der Waals surface area contributed by atoms with Gasteiger partial charge >= 0.3 is 0 Å². The van der Waals surface area contributed by atoms with Crippen LogP contribution >= 0.6 is 22.9 Å². The molecule has 28 heavy (non-hydrogen) atoms. The van der Waals surface area contributed by atoms with Gasteiger partial charge in [0.25, 0.3) is 0 Å². The van der Waals surface area contributed by atoms with E-state index in [2.05, 4.69) is 25.1 Å². The maximum atomic E-state index is 13.3. The molecule has 4 rings (SSSR count). The van der Waals surface area contributed by atoms with Crippen molar-refractivity contribution in [1.29, 1.82) is 0 Å². The van der Waals surface area contributed by atoms with Crippen LogP contribution in [-0.2, 0) is 22.4 Å². The molecule has 3 aromatic rings. The summed E-state index contributed by atoms with van der Waals surface area (Å²) < 4.78 is 6.91. The second-order valence-electron chi connectivity index (χ2n) is 7.02. The summed E-state index contributed by atoms with van der Waals surface area (Å²) in [5, 5.41) is 1.36. The minimum Gasteiger partial charge on any atom is -0.376 e. The lowest BCUT2D eigenvalue weighted by Gasteiger charge is -2.23. The highest BCUT2D eigenvalue weighted by Gasteiger charge is 2.26. The average Bonchev–Trinajstić information content (AvgIpc) is 3.36. The second-order valence-corrected chi connectivity index (χ2v) is 8.44. The summed E-state index contributed by atoms with van der Waals surface area (Å²) in [5.74, 6) is 0.000652. The number of halogens is 1. The van der Waals surface area contributed by atoms with Crippen LogP contribution in [0.1, 0.15) is 30.9 Å². The van der Waals surface area contributed by atoms with Gasteiger partial charge in [-0.2, -0.15) is 0 Å². The van der Waals surface area contributed by atoms with Crippen molar-refractivity contribution in [2.24, 2.45) is 0 Å². The smallest absolute Gasteiger partial charge is 0.233 e. The summed E-state index contributed by atoms with van der Waals surface area (Å²) in [7, 11) is 0. The Bertz CT molecular complexity index is 982. The van der Waals surface area contributed by atoms with Gasteiger partial charge in [0, 0.05) is 11.6 Å². The highest BCUT2D eigenvalue weighted by molar-refractivity contribution is 7.22. The predicted octanol–water partition coefficient (Wildman–Crippen LogP) is 5.27. The van der Waals surface area contributed by atoms with E-state index in [0.29, 0.717) is 11.6 Å². The van der Waals surface area contributed by atoms with Crippen molar-refractivity contribution in [1.82, 2.24) is 4.98 Å². The first-order valence-electron chi connectivity index (χ1n) is 9.69. The molecule has 2 aromatic carbocycles. The summed E-state index contributed by atoms with van der Waals surface area (Å²) in [5.41, 5.74) is 3.03. The molecule has 146 valence electrons. The molecule has 1 amide bonds. The fourth-order valence-corrected chi connectivity index (χ4v) is 4.82. The Morgan fingerprint density at radius 1 is 1.25 bits per heavy atom. The number of aryl methyl sites for hydroxylation is 1. The number of anilines is 1. The molecule has 1 fully saturated rings. The number of carbonyl (C=O) groups is 1. The van der Waals surface area contributed by atoms with Gasteiger partial charge in [0.1, 0.15) is 0 Å². The van der Waals surface area contributed by atoms with Crippen LogP contribution in [0.3, 0.4) is 0 Å². The number of aromatic nitrogens is 1. The van der Waals surface area contributed by atoms with Crippen LogP contribution in [0.4, 0.5) is 5.13 Å². The summed E-state index contributed by atoms with van der Waals surface area (Å²) in [6.07, 6.45) is 3.24. The number of fused-ring (bicyclic) bond motifs is 1. The standard InChI is InChI=1S/C22H23ClN2O2S/c1-2-15-8-5-11-19-21(15)24-22(28-19)25(14-17-9-6-12-27-17)20(26)13-16-7-3-4-10-18(16)23/h3-5,7-8,10-11,17H,2,6,9,12-14H2,1H3. The summed E-state index contributed by atoms with van der Waals surface area (Å²) in [4.78, 5) is 19.9. The molecule has 1 aromatic heterocycles. The molecule has 1 unspecified atom stereocenters. The van der Waals surface area contributed by atoms with E-state index in [1.807, 2.05) is 24.3 Å². The lowest BCUT2D eigenvalue weighted by Crippen LogP contribution is -2.38. The monoisotopic (exact) mass is 414 g/mol. The number of benzene rings is 2. The van der Waals surface area contributed by atoms with Crippen LogP contribution in [0.5, 0.6) is 0 Å². The van der Waals surface area contributed by atoms with Crippen molar-refractivity contribution in [3.8, 4) is 0 Å². The Hall–Kier alpha value is -1.95. The van der Waals surface area contributed by atoms with Crippen LogP contribution < -0.4 is 4.90 Å². The number of amides is 1. The third-order valence-corrected chi connectivity index (χ3v) is 6.53. The minimum atomic E-state index is 0.000652. The first-order valence-corrected chi connectivity index (χ1v) is 10.9. The molecule has 0 aliphatic carbocycles. The highest BCUT2D eigenvalue weighted by atomic mass is 35.5. The molecule has 1 aliphatic rings. The Morgan fingerprint density at radius 3 is 2.82 bits per heavy atom. The van der Waals surface area contributed by atoms with E-state index < -0.39 is 0 Å². The first kappa shape index (κ1) is 19.4. The first-order chi connectivity index (χ1) is 13.7. The van der Waals surface area contributed by atoms with Crippen molar-refractivity contribution >= 4 is 44.2 Å². The van der Waals surface area contributed by atoms with Gasteiger partial charge < -0.3 is 4.74 Å². The molecule has 1 aliphatic heterocycles. The average molecular weight is 415 g/mol. The Labute approximate surface area is 174 Å². The number of hydrogen-bond acceptors (Lipinski definition) is 4. The maximum Gasteiger partial charge on any atom is 0.233 e. The largest absolute Gasteiger partial charge is 0.376 e. The molecule has 1 saturated heterocycles. The van der Waals surface area contributed by atoms with Crippen LogP contribution in [0.15, 0.2) is 42.5 Å². The Morgan fingerprint density at radius 2 is 2.07 bits per heavy atom. The molecule has 4 nitrogen and oxygen atoms in total. The third kappa shape index (κ3) is 4.07. The molecule has 0 radical (unpaired) electrons. The number of ether oxygens (including phenoxy) is 1. The molecule has 2 heterocycles. The van der Waals surface area contributed by atoms with Crippen molar-refractivity contribution in [2.75, 3.05) is 18.1 Å². The molecular formula is C22H23ClN2O2S. The molecule has 6 heteroatoms. The normalized spacial score (nSPS) is 16.6. The van der Waals surface area contributed by atoms with E-state index >= 15 is 0 Å². The molecule has 0 saturated carbocycles. The zero-order valence-corrected chi connectivity index (χ0v) is 17.4. The number of carbonyl (C=O) groups excluding carboxylic acids is 1. The third-order valence-electron chi connectivity index (χ3n) is 5.11. The summed E-state index contributed by atoms with van der Waals surface area (Å²) >= 11 is 7.85. The van der Waals surface area contributed by atoms with Gasteiger partial charge in [0.15, 0.2) is 5.13 Å². The summed E-state index contributed by atoms with van der Waals surface area (Å²) in [6, 6.07) is 13.7. The topological polar surface area (TPSA) is 42.4 Å². The Balaban J connectivity index is 1.67. The van der Waals surface area contributed by atoms with Gasteiger partial charge in [-0.3, -0.25) is 9.69 Å². The fourth-order valence-electron chi connectivity index (χ4n) is 3.57. The van der Waals surface area contributed by atoms with Crippen LogP contribution in [0.2, 0.25) is 5.02 Å². The van der Waals surface area contributed by atoms with E-state index in [9.17, 15) is 4.79 Å². The van der Waals surface area contributed by atoms with E-state index in [1.165, 1.54) is 5.56 Å². The fraction of sp³-hybridized carbons (Fsp3) is 0.364. The lowest BCUT2D eigenvalue weighted by molar-refractivity contribution is -0.118. The van der Waals surface area contributed by atoms with Crippen molar-refractivity contribution < 1.29 is 9.53 Å². The van der Waals surface area contributed by atoms with Gasteiger partial charge in [-0.15, -0.1) is 0 Å². The maximum absolute atomic E-state index is 13.3. The van der Waals surface area contributed by atoms with Gasteiger partial charge in [-0.25, -0.2) is 4.98 Å². The van der Waals surface area contributed by atoms with E-state index in [4.69, 9.17) is 21.3 Å². The molecular weight excluding hydrogens is 392 g/mol. The van der Waals surface area contributed by atoms with Gasteiger partial charge in [-0.1, -0.05) is 60.2 Å². The summed E-state index contributed by atoms with van der Waals surface area (Å²) in [6.45, 7) is 3.42. The predicted molar refractivity (Wildman–Crippen MR) is 115 cm³/mol.